The molecular weight excluding hydrogens is 198 g/mol. The van der Waals surface area contributed by atoms with Crippen LogP contribution in [-0.4, -0.2) is 26.0 Å². The van der Waals surface area contributed by atoms with Gasteiger partial charge in [0.1, 0.15) is 0 Å². The Balaban J connectivity index is 0.00000121. The van der Waals surface area contributed by atoms with Crippen LogP contribution in [0.4, 0.5) is 0 Å². The molecule has 1 aliphatic carbocycles. The molecule has 2 atom stereocenters. The van der Waals surface area contributed by atoms with Crippen LogP contribution < -0.4 is 5.73 Å². The van der Waals surface area contributed by atoms with E-state index in [9.17, 15) is 8.42 Å². The van der Waals surface area contributed by atoms with E-state index < -0.39 is 9.84 Å². The molecule has 1 saturated carbocycles. The Kier molecular flexibility index (Phi) is 4.51. The standard InChI is InChI=1S/C7H15NO2S.ClH/c1-11(9,10)7-5-3-2-4-6(7)8;/h6-7H,2-5,8H2,1H3;1H/t6-,7-;/m1./s1. The van der Waals surface area contributed by atoms with Crippen LogP contribution in [0.2, 0.25) is 0 Å². The Morgan fingerprint density at radius 3 is 2.08 bits per heavy atom. The number of nitrogens with two attached hydrogens (primary N) is 1. The molecule has 0 aromatic rings. The van der Waals surface area contributed by atoms with E-state index >= 15 is 0 Å². The zero-order valence-corrected chi connectivity index (χ0v) is 8.83. The van der Waals surface area contributed by atoms with E-state index in [0.29, 0.717) is 0 Å². The largest absolute Gasteiger partial charge is 0.327 e. The SMILES string of the molecule is CS(=O)(=O)[C@@H]1CCCC[C@H]1N.Cl. The third-order valence-electron chi connectivity index (χ3n) is 2.30. The van der Waals surface area contributed by atoms with E-state index in [-0.39, 0.29) is 23.7 Å². The van der Waals surface area contributed by atoms with Crippen molar-refractivity contribution in [3.63, 3.8) is 0 Å². The van der Waals surface area contributed by atoms with Crippen LogP contribution in [0.3, 0.4) is 0 Å². The number of rotatable bonds is 1. The molecular formula is C7H16ClNO2S. The lowest BCUT2D eigenvalue weighted by Gasteiger charge is -2.26. The molecule has 1 fully saturated rings. The lowest BCUT2D eigenvalue weighted by atomic mass is 9.96. The first kappa shape index (κ1) is 12.2. The third kappa shape index (κ3) is 2.92. The quantitative estimate of drug-likeness (QED) is 0.699. The molecule has 0 aliphatic heterocycles. The highest BCUT2D eigenvalue weighted by Crippen LogP contribution is 2.22. The summed E-state index contributed by atoms with van der Waals surface area (Å²) >= 11 is 0. The summed E-state index contributed by atoms with van der Waals surface area (Å²) in [6.07, 6.45) is 4.97. The summed E-state index contributed by atoms with van der Waals surface area (Å²) in [5, 5.41) is -0.281. The van der Waals surface area contributed by atoms with Crippen LogP contribution in [-0.2, 0) is 9.84 Å². The van der Waals surface area contributed by atoms with Gasteiger partial charge in [-0.15, -0.1) is 12.4 Å². The molecule has 1 aliphatic rings. The summed E-state index contributed by atoms with van der Waals surface area (Å²) < 4.78 is 22.2. The molecule has 0 aromatic carbocycles. The van der Waals surface area contributed by atoms with Crippen LogP contribution in [0.15, 0.2) is 0 Å². The minimum atomic E-state index is -2.90. The van der Waals surface area contributed by atoms with Gasteiger partial charge < -0.3 is 5.73 Å². The highest BCUT2D eigenvalue weighted by Gasteiger charge is 2.29. The lowest BCUT2D eigenvalue weighted by molar-refractivity contribution is 0.433. The Morgan fingerprint density at radius 2 is 1.75 bits per heavy atom. The van der Waals surface area contributed by atoms with Crippen LogP contribution in [0, 0.1) is 0 Å². The molecule has 0 saturated heterocycles. The Hall–Kier alpha value is 0.200. The topological polar surface area (TPSA) is 60.2 Å². The van der Waals surface area contributed by atoms with Gasteiger partial charge in [-0.1, -0.05) is 12.8 Å². The summed E-state index contributed by atoms with van der Waals surface area (Å²) in [6, 6.07) is -0.126. The highest BCUT2D eigenvalue weighted by atomic mass is 35.5. The molecule has 0 heterocycles. The first-order valence-corrected chi connectivity index (χ1v) is 5.92. The zero-order valence-electron chi connectivity index (χ0n) is 7.19. The summed E-state index contributed by atoms with van der Waals surface area (Å²) in [4.78, 5) is 0. The summed E-state index contributed by atoms with van der Waals surface area (Å²) in [5.74, 6) is 0. The molecule has 0 radical (unpaired) electrons. The zero-order chi connectivity index (χ0) is 8.48. The van der Waals surface area contributed by atoms with Gasteiger partial charge in [0.15, 0.2) is 9.84 Å². The Labute approximate surface area is 80.0 Å². The maximum absolute atomic E-state index is 11.1. The lowest BCUT2D eigenvalue weighted by Crippen LogP contribution is -2.42. The second-order valence-corrected chi connectivity index (χ2v) is 5.58. The van der Waals surface area contributed by atoms with Gasteiger partial charge in [0.05, 0.1) is 5.25 Å². The van der Waals surface area contributed by atoms with Gasteiger partial charge in [-0.05, 0) is 12.8 Å². The smallest absolute Gasteiger partial charge is 0.151 e. The van der Waals surface area contributed by atoms with Crippen molar-refractivity contribution in [3.05, 3.63) is 0 Å². The van der Waals surface area contributed by atoms with Gasteiger partial charge in [0, 0.05) is 12.3 Å². The van der Waals surface area contributed by atoms with Crippen molar-refractivity contribution in [2.24, 2.45) is 5.73 Å². The first-order chi connectivity index (χ1) is 5.02. The molecule has 12 heavy (non-hydrogen) atoms. The summed E-state index contributed by atoms with van der Waals surface area (Å²) in [6.45, 7) is 0. The van der Waals surface area contributed by atoms with Crippen molar-refractivity contribution in [3.8, 4) is 0 Å². The molecule has 0 spiro atoms. The average molecular weight is 214 g/mol. The number of hydrogen-bond acceptors (Lipinski definition) is 3. The Bertz CT molecular complexity index is 228. The van der Waals surface area contributed by atoms with E-state index in [4.69, 9.17) is 5.73 Å². The van der Waals surface area contributed by atoms with Gasteiger partial charge in [-0.2, -0.15) is 0 Å². The molecule has 3 nitrogen and oxygen atoms in total. The number of sulfone groups is 1. The molecule has 0 aromatic heterocycles. The van der Waals surface area contributed by atoms with Crippen molar-refractivity contribution in [1.82, 2.24) is 0 Å². The van der Waals surface area contributed by atoms with Crippen molar-refractivity contribution in [2.75, 3.05) is 6.26 Å². The first-order valence-electron chi connectivity index (χ1n) is 3.96. The van der Waals surface area contributed by atoms with Gasteiger partial charge >= 0.3 is 0 Å². The second kappa shape index (κ2) is 4.44. The maximum Gasteiger partial charge on any atom is 0.151 e. The van der Waals surface area contributed by atoms with Crippen molar-refractivity contribution >= 4 is 22.2 Å². The molecule has 0 unspecified atom stereocenters. The normalized spacial score (nSPS) is 30.8. The minimum Gasteiger partial charge on any atom is -0.327 e. The number of hydrogen-bond donors (Lipinski definition) is 1. The molecule has 5 heteroatoms. The van der Waals surface area contributed by atoms with E-state index in [2.05, 4.69) is 0 Å². The fourth-order valence-electron chi connectivity index (χ4n) is 1.66. The van der Waals surface area contributed by atoms with Crippen LogP contribution in [0.5, 0.6) is 0 Å². The van der Waals surface area contributed by atoms with Crippen molar-refractivity contribution in [1.29, 1.82) is 0 Å². The van der Waals surface area contributed by atoms with Crippen LogP contribution in [0.1, 0.15) is 25.7 Å². The van der Waals surface area contributed by atoms with Crippen LogP contribution >= 0.6 is 12.4 Å². The van der Waals surface area contributed by atoms with Gasteiger partial charge in [0.2, 0.25) is 0 Å². The molecule has 2 N–H and O–H groups in total. The van der Waals surface area contributed by atoms with Gasteiger partial charge in [-0.25, -0.2) is 8.42 Å². The van der Waals surface area contributed by atoms with E-state index in [1.54, 1.807) is 0 Å². The predicted molar refractivity (Wildman–Crippen MR) is 52.3 cm³/mol. The molecule has 74 valence electrons. The molecule has 0 bridgehead atoms. The Morgan fingerprint density at radius 1 is 1.25 bits per heavy atom. The van der Waals surface area contributed by atoms with E-state index in [0.717, 1.165) is 25.7 Å². The van der Waals surface area contributed by atoms with Gasteiger partial charge in [0.25, 0.3) is 0 Å². The fraction of sp³-hybridized carbons (Fsp3) is 1.00. The minimum absolute atomic E-state index is 0. The summed E-state index contributed by atoms with van der Waals surface area (Å²) in [7, 11) is -2.90. The molecule has 1 rings (SSSR count). The second-order valence-electron chi connectivity index (χ2n) is 3.32. The monoisotopic (exact) mass is 213 g/mol. The van der Waals surface area contributed by atoms with Crippen molar-refractivity contribution < 1.29 is 8.42 Å². The maximum atomic E-state index is 11.1. The third-order valence-corrected chi connectivity index (χ3v) is 3.99. The van der Waals surface area contributed by atoms with Gasteiger partial charge in [-0.3, -0.25) is 0 Å². The van der Waals surface area contributed by atoms with Crippen LogP contribution in [0.25, 0.3) is 0 Å². The van der Waals surface area contributed by atoms with E-state index in [1.165, 1.54) is 6.26 Å². The van der Waals surface area contributed by atoms with Crippen molar-refractivity contribution in [2.45, 2.75) is 37.0 Å². The highest BCUT2D eigenvalue weighted by molar-refractivity contribution is 7.91. The predicted octanol–water partition coefficient (Wildman–Crippen LogP) is 0.723. The number of halogens is 1. The average Bonchev–Trinajstić information content (AvgIpc) is 1.86. The summed E-state index contributed by atoms with van der Waals surface area (Å²) in [5.41, 5.74) is 5.69. The fourth-order valence-corrected chi connectivity index (χ4v) is 3.02. The van der Waals surface area contributed by atoms with E-state index in [1.807, 2.05) is 0 Å². The molecule has 0 amide bonds.